The molecule has 0 saturated heterocycles. The normalized spacial score (nSPS) is 12.6. The van der Waals surface area contributed by atoms with Crippen LogP contribution in [-0.2, 0) is 0 Å². The smallest absolute Gasteiger partial charge is 0.337 e. The van der Waals surface area contributed by atoms with Crippen LogP contribution < -0.4 is 14.2 Å². The van der Waals surface area contributed by atoms with E-state index in [9.17, 15) is 4.79 Å². The number of carboxylic acid groups (broad SMARTS) is 1. The molecule has 1 aromatic carbocycles. The number of hydrogen-bond donors (Lipinski definition) is 1. The summed E-state index contributed by atoms with van der Waals surface area (Å²) in [4.78, 5) is 11.0. The van der Waals surface area contributed by atoms with Gasteiger partial charge in [-0.05, 0) is 6.42 Å². The molecule has 0 radical (unpaired) electrons. The van der Waals surface area contributed by atoms with Gasteiger partial charge in [-0.3, -0.25) is 0 Å². The molecular weight excluding hydrogens is 248 g/mol. The molecule has 0 atom stereocenters. The largest absolute Gasteiger partial charge is 0.488 e. The molecule has 17 heavy (non-hydrogen) atoms. The molecule has 0 saturated carbocycles. The number of carbonyl (C=O) groups is 1. The van der Waals surface area contributed by atoms with E-state index < -0.39 is 5.97 Å². The van der Waals surface area contributed by atoms with Crippen molar-refractivity contribution in [2.24, 2.45) is 0 Å². The van der Waals surface area contributed by atoms with Gasteiger partial charge in [0.2, 0.25) is 12.5 Å². The number of rotatable bonds is 4. The molecule has 1 heterocycles. The minimum atomic E-state index is -1.13. The maximum atomic E-state index is 11.0. The van der Waals surface area contributed by atoms with Crippen LogP contribution in [-0.4, -0.2) is 24.5 Å². The maximum Gasteiger partial charge on any atom is 0.337 e. The van der Waals surface area contributed by atoms with E-state index in [1.165, 1.54) is 6.07 Å². The zero-order chi connectivity index (χ0) is 12.4. The van der Waals surface area contributed by atoms with Crippen molar-refractivity contribution in [3.8, 4) is 17.2 Å². The number of halogens is 1. The Labute approximate surface area is 103 Å². The fourth-order valence-electron chi connectivity index (χ4n) is 1.48. The highest BCUT2D eigenvalue weighted by molar-refractivity contribution is 6.35. The molecule has 0 bridgehead atoms. The first-order valence-corrected chi connectivity index (χ1v) is 5.51. The lowest BCUT2D eigenvalue weighted by Crippen LogP contribution is -2.02. The summed E-state index contributed by atoms with van der Waals surface area (Å²) in [5.74, 6) is -0.179. The van der Waals surface area contributed by atoms with Gasteiger partial charge in [0.15, 0.2) is 11.5 Å². The second-order valence-corrected chi connectivity index (χ2v) is 3.83. The standard InChI is InChI=1S/C11H11ClO5/c1-2-3-15-10-8(12)6(11(13)14)4-7-9(10)17-5-16-7/h4H,2-3,5H2,1H3,(H,13,14). The van der Waals surface area contributed by atoms with Gasteiger partial charge in [-0.2, -0.15) is 0 Å². The van der Waals surface area contributed by atoms with Crippen molar-refractivity contribution >= 4 is 17.6 Å². The summed E-state index contributed by atoms with van der Waals surface area (Å²) in [6.07, 6.45) is 0.781. The van der Waals surface area contributed by atoms with Gasteiger partial charge in [0.1, 0.15) is 5.02 Å². The van der Waals surface area contributed by atoms with E-state index in [2.05, 4.69) is 0 Å². The lowest BCUT2D eigenvalue weighted by molar-refractivity contribution is 0.0696. The van der Waals surface area contributed by atoms with E-state index >= 15 is 0 Å². The fraction of sp³-hybridized carbons (Fsp3) is 0.364. The molecule has 0 unspecified atom stereocenters. The van der Waals surface area contributed by atoms with Gasteiger partial charge in [-0.1, -0.05) is 18.5 Å². The molecule has 1 aromatic rings. The number of aromatic carboxylic acids is 1. The Morgan fingerprint density at radius 2 is 2.35 bits per heavy atom. The highest BCUT2D eigenvalue weighted by Crippen LogP contribution is 2.47. The predicted molar refractivity (Wildman–Crippen MR) is 60.3 cm³/mol. The summed E-state index contributed by atoms with van der Waals surface area (Å²) < 4.78 is 15.8. The molecule has 5 nitrogen and oxygen atoms in total. The maximum absolute atomic E-state index is 11.0. The molecule has 0 amide bonds. The number of fused-ring (bicyclic) bond motifs is 1. The van der Waals surface area contributed by atoms with E-state index in [1.807, 2.05) is 6.92 Å². The Kier molecular flexibility index (Phi) is 3.28. The molecular formula is C11H11ClO5. The van der Waals surface area contributed by atoms with Gasteiger partial charge in [-0.15, -0.1) is 0 Å². The third-order valence-electron chi connectivity index (χ3n) is 2.24. The van der Waals surface area contributed by atoms with Gasteiger partial charge >= 0.3 is 5.97 Å². The van der Waals surface area contributed by atoms with Crippen molar-refractivity contribution in [2.45, 2.75) is 13.3 Å². The van der Waals surface area contributed by atoms with E-state index in [0.717, 1.165) is 6.42 Å². The van der Waals surface area contributed by atoms with Crippen LogP contribution in [0.15, 0.2) is 6.07 Å². The first kappa shape index (κ1) is 11.9. The van der Waals surface area contributed by atoms with Crippen LogP contribution in [0.25, 0.3) is 0 Å². The molecule has 0 spiro atoms. The Morgan fingerprint density at radius 3 is 3.00 bits per heavy atom. The van der Waals surface area contributed by atoms with Crippen LogP contribution in [0.1, 0.15) is 23.7 Å². The topological polar surface area (TPSA) is 65.0 Å². The van der Waals surface area contributed by atoms with E-state index in [0.29, 0.717) is 18.1 Å². The van der Waals surface area contributed by atoms with Crippen molar-refractivity contribution in [3.05, 3.63) is 16.7 Å². The summed E-state index contributed by atoms with van der Waals surface area (Å²) in [6, 6.07) is 1.34. The first-order chi connectivity index (χ1) is 8.15. The number of ether oxygens (including phenoxy) is 3. The van der Waals surface area contributed by atoms with Gasteiger partial charge in [-0.25, -0.2) is 4.79 Å². The molecule has 1 aliphatic heterocycles. The Bertz CT molecular complexity index is 458. The van der Waals surface area contributed by atoms with Gasteiger partial charge in [0.05, 0.1) is 12.2 Å². The molecule has 6 heteroatoms. The second-order valence-electron chi connectivity index (χ2n) is 3.45. The van der Waals surface area contributed by atoms with Crippen molar-refractivity contribution in [1.29, 1.82) is 0 Å². The van der Waals surface area contributed by atoms with Crippen LogP contribution in [0, 0.1) is 0 Å². The van der Waals surface area contributed by atoms with Crippen molar-refractivity contribution in [2.75, 3.05) is 13.4 Å². The van der Waals surface area contributed by atoms with Crippen LogP contribution in [0.4, 0.5) is 0 Å². The van der Waals surface area contributed by atoms with Gasteiger partial charge in [0, 0.05) is 6.07 Å². The average Bonchev–Trinajstić information content (AvgIpc) is 2.74. The van der Waals surface area contributed by atoms with Crippen LogP contribution in [0.2, 0.25) is 5.02 Å². The minimum absolute atomic E-state index is 0.0372. The highest BCUT2D eigenvalue weighted by Gasteiger charge is 2.27. The van der Waals surface area contributed by atoms with Gasteiger partial charge < -0.3 is 19.3 Å². The number of hydrogen-bond acceptors (Lipinski definition) is 4. The zero-order valence-electron chi connectivity index (χ0n) is 9.16. The quantitative estimate of drug-likeness (QED) is 0.899. The third-order valence-corrected chi connectivity index (χ3v) is 2.62. The van der Waals surface area contributed by atoms with Crippen LogP contribution >= 0.6 is 11.6 Å². The first-order valence-electron chi connectivity index (χ1n) is 5.13. The molecule has 0 fully saturated rings. The Morgan fingerprint density at radius 1 is 1.59 bits per heavy atom. The third kappa shape index (κ3) is 2.10. The minimum Gasteiger partial charge on any atom is -0.488 e. The van der Waals surface area contributed by atoms with E-state index in [-0.39, 0.29) is 23.1 Å². The Balaban J connectivity index is 2.50. The summed E-state index contributed by atoms with van der Waals surface area (Å²) in [5.41, 5.74) is -0.0537. The Hall–Kier alpha value is -1.62. The number of benzene rings is 1. The summed E-state index contributed by atoms with van der Waals surface area (Å²) in [6.45, 7) is 2.41. The molecule has 0 aromatic heterocycles. The highest BCUT2D eigenvalue weighted by atomic mass is 35.5. The molecule has 1 N–H and O–H groups in total. The van der Waals surface area contributed by atoms with Crippen LogP contribution in [0.3, 0.4) is 0 Å². The average molecular weight is 259 g/mol. The zero-order valence-corrected chi connectivity index (χ0v) is 9.91. The number of carboxylic acids is 1. The summed E-state index contributed by atoms with van der Waals surface area (Å²) in [7, 11) is 0. The predicted octanol–water partition coefficient (Wildman–Crippen LogP) is 2.56. The lowest BCUT2D eigenvalue weighted by Gasteiger charge is -2.11. The summed E-state index contributed by atoms with van der Waals surface area (Å²) in [5, 5.41) is 9.05. The van der Waals surface area contributed by atoms with Crippen molar-refractivity contribution in [3.63, 3.8) is 0 Å². The van der Waals surface area contributed by atoms with Gasteiger partial charge in [0.25, 0.3) is 0 Å². The fourth-order valence-corrected chi connectivity index (χ4v) is 1.75. The SMILES string of the molecule is CCCOc1c(Cl)c(C(=O)O)cc2c1OCO2. The lowest BCUT2D eigenvalue weighted by atomic mass is 10.2. The molecule has 1 aliphatic rings. The molecule has 92 valence electrons. The monoisotopic (exact) mass is 258 g/mol. The second kappa shape index (κ2) is 4.71. The molecule has 0 aliphatic carbocycles. The molecule has 2 rings (SSSR count). The van der Waals surface area contributed by atoms with E-state index in [1.54, 1.807) is 0 Å². The van der Waals surface area contributed by atoms with E-state index in [4.69, 9.17) is 30.9 Å². The van der Waals surface area contributed by atoms with Crippen molar-refractivity contribution < 1.29 is 24.1 Å². The van der Waals surface area contributed by atoms with Crippen LogP contribution in [0.5, 0.6) is 17.2 Å². The summed E-state index contributed by atoms with van der Waals surface area (Å²) >= 11 is 5.98. The van der Waals surface area contributed by atoms with Crippen molar-refractivity contribution in [1.82, 2.24) is 0 Å².